The van der Waals surface area contributed by atoms with Gasteiger partial charge in [-0.15, -0.1) is 5.10 Å². The number of carbonyl (C=O) groups excluding carboxylic acids is 1. The standard InChI is InChI=1S/C27H33N5O3/c1-16(2)11-12-30-25(34)22-10-9-20(24(33)28-17(3)4)14-23(22)32-26(30)29-31(27(32)35)15-21-13-18(5)7-8-19(21)6/h7-10,13-14,16-17H,11-12,15H2,1-6H3,(H,28,33). The molecule has 0 aliphatic heterocycles. The van der Waals surface area contributed by atoms with E-state index >= 15 is 0 Å². The van der Waals surface area contributed by atoms with Crippen molar-refractivity contribution in [1.29, 1.82) is 0 Å². The van der Waals surface area contributed by atoms with Crippen molar-refractivity contribution in [2.24, 2.45) is 5.92 Å². The van der Waals surface area contributed by atoms with Gasteiger partial charge in [-0.25, -0.2) is 13.9 Å². The molecular formula is C27H33N5O3. The fourth-order valence-electron chi connectivity index (χ4n) is 4.23. The lowest BCUT2D eigenvalue weighted by molar-refractivity contribution is 0.0943. The summed E-state index contributed by atoms with van der Waals surface area (Å²) in [4.78, 5) is 39.8. The lowest BCUT2D eigenvalue weighted by atomic mass is 10.1. The number of fused-ring (bicyclic) bond motifs is 3. The summed E-state index contributed by atoms with van der Waals surface area (Å²) >= 11 is 0. The number of benzene rings is 2. The lowest BCUT2D eigenvalue weighted by Gasteiger charge is -2.12. The van der Waals surface area contributed by atoms with Gasteiger partial charge in [0.05, 0.1) is 17.4 Å². The molecule has 4 rings (SSSR count). The largest absolute Gasteiger partial charge is 0.352 e. The molecule has 2 aromatic carbocycles. The minimum atomic E-state index is -0.342. The third kappa shape index (κ3) is 4.78. The molecule has 0 unspecified atom stereocenters. The average Bonchev–Trinajstić information content (AvgIpc) is 3.11. The number of nitrogens with zero attached hydrogens (tertiary/aromatic N) is 4. The van der Waals surface area contributed by atoms with Crippen molar-refractivity contribution in [3.05, 3.63) is 79.5 Å². The number of aryl methyl sites for hydroxylation is 3. The van der Waals surface area contributed by atoms with Crippen LogP contribution in [0.25, 0.3) is 16.7 Å². The molecule has 0 atom stereocenters. The number of nitrogens with one attached hydrogen (secondary N) is 1. The predicted molar refractivity (Wildman–Crippen MR) is 138 cm³/mol. The van der Waals surface area contributed by atoms with E-state index in [2.05, 4.69) is 24.3 Å². The molecule has 8 nitrogen and oxygen atoms in total. The molecule has 4 aromatic rings. The van der Waals surface area contributed by atoms with Crippen LogP contribution in [0.15, 0.2) is 46.0 Å². The SMILES string of the molecule is Cc1ccc(C)c(Cn2nc3n(CCC(C)C)c(=O)c4ccc(C(=O)NC(C)C)cc4n3c2=O)c1. The lowest BCUT2D eigenvalue weighted by Crippen LogP contribution is -2.31. The van der Waals surface area contributed by atoms with Crippen LogP contribution in [0.3, 0.4) is 0 Å². The number of aromatic nitrogens is 4. The highest BCUT2D eigenvalue weighted by molar-refractivity contribution is 5.98. The fourth-order valence-corrected chi connectivity index (χ4v) is 4.23. The predicted octanol–water partition coefficient (Wildman–Crippen LogP) is 3.66. The van der Waals surface area contributed by atoms with E-state index in [0.29, 0.717) is 41.3 Å². The van der Waals surface area contributed by atoms with Crippen molar-refractivity contribution in [2.45, 2.75) is 67.1 Å². The highest BCUT2D eigenvalue weighted by Gasteiger charge is 2.20. The third-order valence-electron chi connectivity index (χ3n) is 6.21. The average molecular weight is 476 g/mol. The summed E-state index contributed by atoms with van der Waals surface area (Å²) in [6, 6.07) is 10.9. The first kappa shape index (κ1) is 24.4. The maximum Gasteiger partial charge on any atom is 0.352 e. The van der Waals surface area contributed by atoms with Crippen molar-refractivity contribution in [1.82, 2.24) is 24.1 Å². The Hall–Kier alpha value is -3.68. The number of hydrogen-bond acceptors (Lipinski definition) is 4. The summed E-state index contributed by atoms with van der Waals surface area (Å²) in [6.07, 6.45) is 0.772. The molecule has 0 saturated heterocycles. The molecule has 2 heterocycles. The summed E-state index contributed by atoms with van der Waals surface area (Å²) in [7, 11) is 0. The second-order valence-electron chi connectivity index (χ2n) is 10.0. The molecule has 1 N–H and O–H groups in total. The molecule has 0 bridgehead atoms. The quantitative estimate of drug-likeness (QED) is 0.442. The Morgan fingerprint density at radius 1 is 1.03 bits per heavy atom. The van der Waals surface area contributed by atoms with Crippen molar-refractivity contribution in [3.8, 4) is 0 Å². The molecule has 35 heavy (non-hydrogen) atoms. The van der Waals surface area contributed by atoms with E-state index < -0.39 is 0 Å². The van der Waals surface area contributed by atoms with Crippen molar-refractivity contribution >= 4 is 22.6 Å². The third-order valence-corrected chi connectivity index (χ3v) is 6.21. The van der Waals surface area contributed by atoms with Crippen LogP contribution in [0.1, 0.15) is 61.2 Å². The Morgan fingerprint density at radius 2 is 1.77 bits per heavy atom. The second kappa shape index (κ2) is 9.52. The topological polar surface area (TPSA) is 90.4 Å². The second-order valence-corrected chi connectivity index (χ2v) is 10.0. The normalized spacial score (nSPS) is 11.8. The molecule has 0 spiro atoms. The molecule has 0 aliphatic carbocycles. The van der Waals surface area contributed by atoms with Crippen LogP contribution >= 0.6 is 0 Å². The fraction of sp³-hybridized carbons (Fsp3) is 0.407. The molecule has 0 radical (unpaired) electrons. The minimum Gasteiger partial charge on any atom is -0.350 e. The summed E-state index contributed by atoms with van der Waals surface area (Å²) in [5.74, 6) is 0.415. The first-order valence-corrected chi connectivity index (χ1v) is 12.1. The van der Waals surface area contributed by atoms with Gasteiger partial charge in [-0.1, -0.05) is 37.6 Å². The Balaban J connectivity index is 1.98. The van der Waals surface area contributed by atoms with E-state index in [1.807, 2.05) is 45.9 Å². The number of carbonyl (C=O) groups is 1. The van der Waals surface area contributed by atoms with Crippen LogP contribution < -0.4 is 16.6 Å². The van der Waals surface area contributed by atoms with Gasteiger partial charge in [0.2, 0.25) is 5.78 Å². The van der Waals surface area contributed by atoms with Gasteiger partial charge < -0.3 is 5.32 Å². The van der Waals surface area contributed by atoms with Crippen LogP contribution in [0, 0.1) is 19.8 Å². The Morgan fingerprint density at radius 3 is 2.46 bits per heavy atom. The first-order chi connectivity index (χ1) is 16.6. The van der Waals surface area contributed by atoms with E-state index in [4.69, 9.17) is 0 Å². The van der Waals surface area contributed by atoms with Crippen LogP contribution in [0.4, 0.5) is 0 Å². The molecular weight excluding hydrogens is 442 g/mol. The van der Waals surface area contributed by atoms with Gasteiger partial charge in [-0.2, -0.15) is 0 Å². The molecule has 0 aliphatic rings. The van der Waals surface area contributed by atoms with Crippen molar-refractivity contribution < 1.29 is 4.79 Å². The maximum atomic E-state index is 13.7. The van der Waals surface area contributed by atoms with Gasteiger partial charge in [-0.3, -0.25) is 14.2 Å². The van der Waals surface area contributed by atoms with Gasteiger partial charge in [0.1, 0.15) is 0 Å². The molecule has 1 amide bonds. The van der Waals surface area contributed by atoms with Crippen LogP contribution in [-0.4, -0.2) is 30.7 Å². The molecule has 0 fully saturated rings. The highest BCUT2D eigenvalue weighted by atomic mass is 16.2. The monoisotopic (exact) mass is 475 g/mol. The van der Waals surface area contributed by atoms with Crippen molar-refractivity contribution in [3.63, 3.8) is 0 Å². The van der Waals surface area contributed by atoms with Gasteiger partial charge in [0.25, 0.3) is 11.5 Å². The van der Waals surface area contributed by atoms with Crippen molar-refractivity contribution in [2.75, 3.05) is 0 Å². The van der Waals surface area contributed by atoms with E-state index in [1.54, 1.807) is 22.8 Å². The summed E-state index contributed by atoms with van der Waals surface area (Å²) in [6.45, 7) is 12.7. The molecule has 8 heteroatoms. The minimum absolute atomic E-state index is 0.0368. The smallest absolute Gasteiger partial charge is 0.350 e. The molecule has 0 saturated carbocycles. The molecule has 184 valence electrons. The zero-order valence-electron chi connectivity index (χ0n) is 21.3. The van der Waals surface area contributed by atoms with E-state index in [-0.39, 0.29) is 23.2 Å². The van der Waals surface area contributed by atoms with E-state index in [1.165, 1.54) is 9.08 Å². The zero-order chi connectivity index (χ0) is 25.4. The summed E-state index contributed by atoms with van der Waals surface area (Å²) in [5.41, 5.74) is 3.38. The van der Waals surface area contributed by atoms with Gasteiger partial charge >= 0.3 is 5.69 Å². The highest BCUT2D eigenvalue weighted by Crippen LogP contribution is 2.17. The van der Waals surface area contributed by atoms with Crippen LogP contribution in [0.2, 0.25) is 0 Å². The number of rotatable bonds is 7. The van der Waals surface area contributed by atoms with Crippen LogP contribution in [-0.2, 0) is 13.1 Å². The van der Waals surface area contributed by atoms with Crippen LogP contribution in [0.5, 0.6) is 0 Å². The summed E-state index contributed by atoms with van der Waals surface area (Å²) < 4.78 is 4.45. The first-order valence-electron chi connectivity index (χ1n) is 12.1. The van der Waals surface area contributed by atoms with Gasteiger partial charge in [-0.05, 0) is 69.4 Å². The zero-order valence-corrected chi connectivity index (χ0v) is 21.3. The maximum absolute atomic E-state index is 13.7. The number of amides is 1. The molecule has 2 aromatic heterocycles. The van der Waals surface area contributed by atoms with E-state index in [9.17, 15) is 14.4 Å². The Bertz CT molecular complexity index is 1540. The van der Waals surface area contributed by atoms with Gasteiger partial charge in [0, 0.05) is 18.2 Å². The Labute approximate surface area is 204 Å². The summed E-state index contributed by atoms with van der Waals surface area (Å²) in [5, 5.41) is 7.87. The van der Waals surface area contributed by atoms with E-state index in [0.717, 1.165) is 23.1 Å². The number of hydrogen-bond donors (Lipinski definition) is 1. The van der Waals surface area contributed by atoms with Gasteiger partial charge in [0.15, 0.2) is 0 Å². The Kier molecular flexibility index (Phi) is 6.65.